The van der Waals surface area contributed by atoms with Gasteiger partial charge < -0.3 is 19.9 Å². The standard InChI is InChI=1S/C24H34N4O4S/c1-5-28(6-2)33(30,31)21-10-11-23(27-14-12-26(4)13-15-27)22(17-21)25-24(29)18-32-20-9-7-8-19(3)16-20/h7-11,16-17H,5-6,12-15,18H2,1-4H3,(H,25,29). The fraction of sp³-hybridized carbons (Fsp3) is 0.458. The maximum atomic E-state index is 13.1. The molecule has 180 valence electrons. The lowest BCUT2D eigenvalue weighted by atomic mass is 10.2. The number of hydrogen-bond donors (Lipinski definition) is 1. The molecule has 1 heterocycles. The summed E-state index contributed by atoms with van der Waals surface area (Å²) >= 11 is 0. The Hall–Kier alpha value is -2.62. The number of amides is 1. The number of benzene rings is 2. The summed E-state index contributed by atoms with van der Waals surface area (Å²) in [4.78, 5) is 17.3. The highest BCUT2D eigenvalue weighted by Crippen LogP contribution is 2.31. The van der Waals surface area contributed by atoms with E-state index in [0.29, 0.717) is 24.5 Å². The lowest BCUT2D eigenvalue weighted by molar-refractivity contribution is -0.118. The fourth-order valence-electron chi connectivity index (χ4n) is 3.85. The molecule has 2 aromatic carbocycles. The van der Waals surface area contributed by atoms with Crippen LogP contribution in [0.25, 0.3) is 0 Å². The van der Waals surface area contributed by atoms with Gasteiger partial charge in [-0.25, -0.2) is 8.42 Å². The molecule has 0 radical (unpaired) electrons. The van der Waals surface area contributed by atoms with Crippen molar-refractivity contribution in [2.24, 2.45) is 0 Å². The van der Waals surface area contributed by atoms with E-state index in [4.69, 9.17) is 4.74 Å². The molecule has 1 N–H and O–H groups in total. The first-order valence-electron chi connectivity index (χ1n) is 11.3. The molecule has 8 nitrogen and oxygen atoms in total. The van der Waals surface area contributed by atoms with E-state index < -0.39 is 10.0 Å². The molecule has 33 heavy (non-hydrogen) atoms. The van der Waals surface area contributed by atoms with Crippen LogP contribution in [-0.4, -0.2) is 76.5 Å². The van der Waals surface area contributed by atoms with E-state index in [-0.39, 0.29) is 17.4 Å². The normalized spacial score (nSPS) is 15.0. The number of anilines is 2. The molecule has 0 saturated carbocycles. The van der Waals surface area contributed by atoms with Gasteiger partial charge in [-0.15, -0.1) is 0 Å². The van der Waals surface area contributed by atoms with Gasteiger partial charge in [-0.05, 0) is 49.9 Å². The summed E-state index contributed by atoms with van der Waals surface area (Å²) in [6.45, 7) is 9.54. The Morgan fingerprint density at radius 1 is 1.06 bits per heavy atom. The number of rotatable bonds is 9. The van der Waals surface area contributed by atoms with Crippen LogP contribution in [-0.2, 0) is 14.8 Å². The van der Waals surface area contributed by atoms with Crippen molar-refractivity contribution in [1.29, 1.82) is 0 Å². The highest BCUT2D eigenvalue weighted by atomic mass is 32.2. The molecule has 0 bridgehead atoms. The van der Waals surface area contributed by atoms with Gasteiger partial charge in [-0.2, -0.15) is 4.31 Å². The van der Waals surface area contributed by atoms with Crippen LogP contribution in [0, 0.1) is 6.92 Å². The number of likely N-dealkylation sites (N-methyl/N-ethyl adjacent to an activating group) is 1. The Morgan fingerprint density at radius 2 is 1.76 bits per heavy atom. The predicted molar refractivity (Wildman–Crippen MR) is 132 cm³/mol. The van der Waals surface area contributed by atoms with Crippen molar-refractivity contribution in [3.8, 4) is 5.75 Å². The molecular weight excluding hydrogens is 440 g/mol. The fourth-order valence-corrected chi connectivity index (χ4v) is 5.34. The summed E-state index contributed by atoms with van der Waals surface area (Å²) in [5.74, 6) is 0.270. The lowest BCUT2D eigenvalue weighted by Gasteiger charge is -2.35. The molecule has 0 unspecified atom stereocenters. The summed E-state index contributed by atoms with van der Waals surface area (Å²) < 4.78 is 33.2. The molecule has 2 aromatic rings. The summed E-state index contributed by atoms with van der Waals surface area (Å²) in [7, 11) is -1.58. The zero-order valence-electron chi connectivity index (χ0n) is 19.9. The van der Waals surface area contributed by atoms with Crippen molar-refractivity contribution in [1.82, 2.24) is 9.21 Å². The zero-order chi connectivity index (χ0) is 24.0. The highest BCUT2D eigenvalue weighted by molar-refractivity contribution is 7.89. The second-order valence-corrected chi connectivity index (χ2v) is 10.1. The van der Waals surface area contributed by atoms with Crippen LogP contribution in [0.1, 0.15) is 19.4 Å². The van der Waals surface area contributed by atoms with E-state index in [2.05, 4.69) is 22.2 Å². The molecule has 1 aliphatic heterocycles. The van der Waals surface area contributed by atoms with Crippen LogP contribution >= 0.6 is 0 Å². The maximum absolute atomic E-state index is 13.1. The van der Waals surface area contributed by atoms with Crippen LogP contribution in [0.4, 0.5) is 11.4 Å². The topological polar surface area (TPSA) is 82.2 Å². The smallest absolute Gasteiger partial charge is 0.262 e. The highest BCUT2D eigenvalue weighted by Gasteiger charge is 2.25. The van der Waals surface area contributed by atoms with E-state index in [1.807, 2.05) is 39.0 Å². The average Bonchev–Trinajstić information content (AvgIpc) is 2.79. The molecular formula is C24H34N4O4S. The van der Waals surface area contributed by atoms with Crippen LogP contribution in [0.3, 0.4) is 0 Å². The van der Waals surface area contributed by atoms with Gasteiger partial charge in [0.25, 0.3) is 5.91 Å². The second kappa shape index (κ2) is 11.0. The number of ether oxygens (including phenoxy) is 1. The monoisotopic (exact) mass is 474 g/mol. The maximum Gasteiger partial charge on any atom is 0.262 e. The van der Waals surface area contributed by atoms with Gasteiger partial charge >= 0.3 is 0 Å². The number of hydrogen-bond acceptors (Lipinski definition) is 6. The third-order valence-electron chi connectivity index (χ3n) is 5.79. The van der Waals surface area contributed by atoms with E-state index >= 15 is 0 Å². The van der Waals surface area contributed by atoms with Crippen molar-refractivity contribution in [3.63, 3.8) is 0 Å². The molecule has 3 rings (SSSR count). The number of piperazine rings is 1. The third kappa shape index (κ3) is 6.25. The molecule has 1 aliphatic rings. The minimum atomic E-state index is -3.65. The molecule has 1 saturated heterocycles. The number of aryl methyl sites for hydroxylation is 1. The van der Waals surface area contributed by atoms with E-state index in [1.165, 1.54) is 4.31 Å². The number of nitrogens with one attached hydrogen (secondary N) is 1. The average molecular weight is 475 g/mol. The SMILES string of the molecule is CCN(CC)S(=O)(=O)c1ccc(N2CCN(C)CC2)c(NC(=O)COc2cccc(C)c2)c1. The van der Waals surface area contributed by atoms with Gasteiger partial charge in [-0.3, -0.25) is 4.79 Å². The predicted octanol–water partition coefficient (Wildman–Crippen LogP) is 2.79. The van der Waals surface area contributed by atoms with Crippen LogP contribution in [0.5, 0.6) is 5.75 Å². The molecule has 9 heteroatoms. The van der Waals surface area contributed by atoms with Crippen LogP contribution < -0.4 is 15.0 Å². The van der Waals surface area contributed by atoms with Crippen LogP contribution in [0.2, 0.25) is 0 Å². The van der Waals surface area contributed by atoms with Crippen molar-refractivity contribution in [2.45, 2.75) is 25.7 Å². The van der Waals surface area contributed by atoms with Crippen molar-refractivity contribution in [3.05, 3.63) is 48.0 Å². The summed E-state index contributed by atoms with van der Waals surface area (Å²) in [5.41, 5.74) is 2.33. The number of nitrogens with zero attached hydrogens (tertiary/aromatic N) is 3. The Labute approximate surface area is 197 Å². The Kier molecular flexibility index (Phi) is 8.34. The van der Waals surface area contributed by atoms with E-state index in [1.54, 1.807) is 24.3 Å². The number of carbonyl (C=O) groups is 1. The lowest BCUT2D eigenvalue weighted by Crippen LogP contribution is -2.44. The minimum Gasteiger partial charge on any atom is -0.484 e. The molecule has 1 fully saturated rings. The van der Waals surface area contributed by atoms with E-state index in [0.717, 1.165) is 37.4 Å². The Balaban J connectivity index is 1.85. The van der Waals surface area contributed by atoms with Crippen molar-refractivity contribution >= 4 is 27.3 Å². The summed E-state index contributed by atoms with van der Waals surface area (Å²) in [6, 6.07) is 12.5. The van der Waals surface area contributed by atoms with Gasteiger partial charge in [0.15, 0.2) is 6.61 Å². The van der Waals surface area contributed by atoms with Crippen LogP contribution in [0.15, 0.2) is 47.4 Å². The van der Waals surface area contributed by atoms with Gasteiger partial charge in [0.2, 0.25) is 10.0 Å². The second-order valence-electron chi connectivity index (χ2n) is 8.21. The van der Waals surface area contributed by atoms with Crippen molar-refractivity contribution in [2.75, 3.05) is 63.1 Å². The number of carbonyl (C=O) groups excluding carboxylic acids is 1. The summed E-state index contributed by atoms with van der Waals surface area (Å²) in [5, 5.41) is 2.89. The minimum absolute atomic E-state index is 0.166. The summed E-state index contributed by atoms with van der Waals surface area (Å²) in [6.07, 6.45) is 0. The quantitative estimate of drug-likeness (QED) is 0.602. The molecule has 0 atom stereocenters. The largest absolute Gasteiger partial charge is 0.484 e. The molecule has 1 amide bonds. The first-order valence-corrected chi connectivity index (χ1v) is 12.8. The molecule has 0 aromatic heterocycles. The van der Waals surface area contributed by atoms with Crippen molar-refractivity contribution < 1.29 is 17.9 Å². The van der Waals surface area contributed by atoms with Gasteiger partial charge in [0.05, 0.1) is 16.3 Å². The van der Waals surface area contributed by atoms with Gasteiger partial charge in [0.1, 0.15) is 5.75 Å². The molecule has 0 spiro atoms. The first-order chi connectivity index (χ1) is 15.7. The zero-order valence-corrected chi connectivity index (χ0v) is 20.7. The Morgan fingerprint density at radius 3 is 2.39 bits per heavy atom. The van der Waals surface area contributed by atoms with Gasteiger partial charge in [0, 0.05) is 39.3 Å². The third-order valence-corrected chi connectivity index (χ3v) is 7.83. The number of sulfonamides is 1. The molecule has 0 aliphatic carbocycles. The van der Waals surface area contributed by atoms with Gasteiger partial charge in [-0.1, -0.05) is 26.0 Å². The first kappa shape index (κ1) is 25.0. The van der Waals surface area contributed by atoms with E-state index in [9.17, 15) is 13.2 Å². The Bertz CT molecular complexity index is 1060.